The smallest absolute Gasteiger partial charge is 0.369 e. The fourth-order valence-corrected chi connectivity index (χ4v) is 5.47. The van der Waals surface area contributed by atoms with Gasteiger partial charge in [-0.15, -0.1) is 16.2 Å². The normalized spacial score (nSPS) is 11.6. The predicted molar refractivity (Wildman–Crippen MR) is 139 cm³/mol. The van der Waals surface area contributed by atoms with Gasteiger partial charge in [-0.2, -0.15) is 17.6 Å². The van der Waals surface area contributed by atoms with E-state index in [0.29, 0.717) is 17.1 Å². The summed E-state index contributed by atoms with van der Waals surface area (Å²) in [7, 11) is -4.17. The molecular formula is C22H19ClF4N6O6S2. The number of hydrogen-bond acceptors (Lipinski definition) is 9. The number of sulfonamides is 1. The van der Waals surface area contributed by atoms with Gasteiger partial charge in [0.25, 0.3) is 15.9 Å². The van der Waals surface area contributed by atoms with Gasteiger partial charge in [-0.05, 0) is 36.8 Å². The Morgan fingerprint density at radius 3 is 2.54 bits per heavy atom. The number of nitro groups is 1. The van der Waals surface area contributed by atoms with Crippen molar-refractivity contribution in [3.63, 3.8) is 0 Å². The monoisotopic (exact) mass is 638 g/mol. The Bertz CT molecular complexity index is 1570. The second-order valence-electron chi connectivity index (χ2n) is 8.06. The first-order chi connectivity index (χ1) is 19.2. The number of nitrogens with zero attached hydrogens (tertiary/aromatic N) is 2. The van der Waals surface area contributed by atoms with Gasteiger partial charge < -0.3 is 10.6 Å². The van der Waals surface area contributed by atoms with Crippen molar-refractivity contribution in [2.24, 2.45) is 0 Å². The third-order valence-corrected chi connectivity index (χ3v) is 8.21. The zero-order valence-electron chi connectivity index (χ0n) is 20.4. The first kappa shape index (κ1) is 31.7. The van der Waals surface area contributed by atoms with E-state index in [-0.39, 0.29) is 46.5 Å². The summed E-state index contributed by atoms with van der Waals surface area (Å²) in [6.45, 7) is -0.0368. The number of nitrogens with one attached hydrogen (secondary N) is 4. The van der Waals surface area contributed by atoms with Gasteiger partial charge in [-0.3, -0.25) is 25.1 Å². The van der Waals surface area contributed by atoms with Crippen molar-refractivity contribution in [1.82, 2.24) is 20.6 Å². The first-order valence-electron chi connectivity index (χ1n) is 11.3. The lowest BCUT2D eigenvalue weighted by atomic mass is 10.2. The van der Waals surface area contributed by atoms with Gasteiger partial charge in [0.15, 0.2) is 0 Å². The van der Waals surface area contributed by atoms with Crippen LogP contribution in [0.5, 0.6) is 0 Å². The minimum atomic E-state index is -4.60. The highest BCUT2D eigenvalue weighted by molar-refractivity contribution is 7.91. The number of alkyl halides is 3. The van der Waals surface area contributed by atoms with Crippen molar-refractivity contribution < 1.29 is 40.5 Å². The highest BCUT2D eigenvalue weighted by Crippen LogP contribution is 2.32. The van der Waals surface area contributed by atoms with E-state index in [1.165, 1.54) is 12.1 Å². The van der Waals surface area contributed by atoms with Crippen molar-refractivity contribution in [3.8, 4) is 0 Å². The minimum Gasteiger partial charge on any atom is -0.369 e. The van der Waals surface area contributed by atoms with E-state index in [1.54, 1.807) is 0 Å². The Hall–Kier alpha value is -3.87. The van der Waals surface area contributed by atoms with E-state index >= 15 is 0 Å². The summed E-state index contributed by atoms with van der Waals surface area (Å²) in [5.41, 5.74) is -0.0123. The summed E-state index contributed by atoms with van der Waals surface area (Å²) in [4.78, 5) is 40.1. The lowest BCUT2D eigenvalue weighted by Crippen LogP contribution is -2.41. The van der Waals surface area contributed by atoms with Crippen LogP contribution in [0.3, 0.4) is 0 Å². The fourth-order valence-electron chi connectivity index (χ4n) is 3.08. The van der Waals surface area contributed by atoms with Crippen molar-refractivity contribution in [2.45, 2.75) is 29.8 Å². The predicted octanol–water partition coefficient (Wildman–Crippen LogP) is 3.99. The number of anilines is 1. The molecule has 0 atom stereocenters. The molecule has 0 aliphatic heterocycles. The largest absolute Gasteiger partial charge is 0.417 e. The number of hydrazine groups is 1. The van der Waals surface area contributed by atoms with Crippen LogP contribution in [0.4, 0.5) is 29.1 Å². The molecule has 2 amide bonds. The summed E-state index contributed by atoms with van der Waals surface area (Å²) in [6.07, 6.45) is -3.98. The van der Waals surface area contributed by atoms with E-state index in [2.05, 4.69) is 15.6 Å². The molecule has 1 aromatic carbocycles. The molecule has 0 saturated heterocycles. The summed E-state index contributed by atoms with van der Waals surface area (Å²) in [5, 5.41) is 15.7. The topological polar surface area (TPSA) is 172 Å². The quantitative estimate of drug-likeness (QED) is 0.0997. The molecule has 2 aromatic heterocycles. The van der Waals surface area contributed by atoms with Gasteiger partial charge in [0.2, 0.25) is 11.7 Å². The zero-order valence-corrected chi connectivity index (χ0v) is 22.8. The number of hydrogen-bond donors (Lipinski definition) is 4. The van der Waals surface area contributed by atoms with Crippen LogP contribution in [0.25, 0.3) is 0 Å². The molecule has 2 heterocycles. The van der Waals surface area contributed by atoms with Crippen LogP contribution in [0.2, 0.25) is 5.02 Å². The van der Waals surface area contributed by atoms with Crippen LogP contribution in [0.15, 0.2) is 46.8 Å². The highest BCUT2D eigenvalue weighted by Gasteiger charge is 2.31. The summed E-state index contributed by atoms with van der Waals surface area (Å²) in [6, 6.07) is 5.96. The maximum atomic E-state index is 13.5. The molecule has 0 aliphatic carbocycles. The SMILES string of the molecule is O=C(CCCNc1ncc(C(F)(F)F)cc1Cl)NNS(=O)(=O)c1ccc(CNC(=O)c2ccc(F)c([N+](=O)[O-])c2)s1. The summed E-state index contributed by atoms with van der Waals surface area (Å²) < 4.78 is 76.2. The van der Waals surface area contributed by atoms with Gasteiger partial charge in [0, 0.05) is 35.7 Å². The number of rotatable bonds is 12. The van der Waals surface area contributed by atoms with Gasteiger partial charge in [-0.25, -0.2) is 13.4 Å². The molecule has 0 unspecified atom stereocenters. The number of carbonyl (C=O) groups is 2. The number of aromatic nitrogens is 1. The molecule has 12 nitrogen and oxygen atoms in total. The third-order valence-electron chi connectivity index (χ3n) is 5.10. The van der Waals surface area contributed by atoms with Crippen molar-refractivity contribution in [3.05, 3.63) is 79.6 Å². The summed E-state index contributed by atoms with van der Waals surface area (Å²) >= 11 is 6.56. The van der Waals surface area contributed by atoms with Crippen molar-refractivity contribution in [1.29, 1.82) is 0 Å². The van der Waals surface area contributed by atoms with Crippen LogP contribution >= 0.6 is 22.9 Å². The van der Waals surface area contributed by atoms with E-state index < -0.39 is 50.0 Å². The number of nitro benzene ring substituents is 1. The van der Waals surface area contributed by atoms with E-state index in [0.717, 1.165) is 29.5 Å². The molecule has 4 N–H and O–H groups in total. The highest BCUT2D eigenvalue weighted by atomic mass is 35.5. The molecule has 41 heavy (non-hydrogen) atoms. The number of pyridine rings is 1. The molecule has 19 heteroatoms. The number of amides is 2. The zero-order chi connectivity index (χ0) is 30.4. The average molecular weight is 639 g/mol. The van der Waals surface area contributed by atoms with Gasteiger partial charge in [0.1, 0.15) is 10.0 Å². The van der Waals surface area contributed by atoms with Crippen molar-refractivity contribution >= 4 is 56.3 Å². The molecule has 0 saturated carbocycles. The molecule has 220 valence electrons. The van der Waals surface area contributed by atoms with Crippen LogP contribution in [-0.2, 0) is 27.5 Å². The first-order valence-corrected chi connectivity index (χ1v) is 13.9. The van der Waals surface area contributed by atoms with Gasteiger partial charge >= 0.3 is 11.9 Å². The second kappa shape index (κ2) is 13.2. The molecule has 3 rings (SSSR count). The van der Waals surface area contributed by atoms with Crippen LogP contribution < -0.4 is 20.9 Å². The Kier molecular flexibility index (Phi) is 10.2. The van der Waals surface area contributed by atoms with Gasteiger partial charge in [0.05, 0.1) is 22.1 Å². The lowest BCUT2D eigenvalue weighted by molar-refractivity contribution is -0.387. The maximum absolute atomic E-state index is 13.5. The molecule has 0 bridgehead atoms. The number of benzene rings is 1. The Morgan fingerprint density at radius 1 is 1.15 bits per heavy atom. The molecule has 0 aliphatic rings. The van der Waals surface area contributed by atoms with E-state index in [1.807, 2.05) is 10.3 Å². The van der Waals surface area contributed by atoms with E-state index in [9.17, 15) is 45.7 Å². The standard InChI is InChI=1S/C22H19ClF4N6O6S2/c23-15-9-13(22(25,26)27)10-29-20(15)28-7-1-2-18(34)31-32-41(38,39)19-6-4-14(40-19)11-30-21(35)12-3-5-16(24)17(8-12)33(36)37/h3-6,8-10,32H,1-2,7,11H2,(H,28,29)(H,30,35)(H,31,34). The molecule has 0 spiro atoms. The number of carbonyl (C=O) groups excluding carboxylic acids is 2. The minimum absolute atomic E-state index is 0.00977. The van der Waals surface area contributed by atoms with Crippen molar-refractivity contribution in [2.75, 3.05) is 11.9 Å². The van der Waals surface area contributed by atoms with Crippen LogP contribution in [-0.4, -0.2) is 36.7 Å². The third kappa shape index (κ3) is 8.81. The number of thiophene rings is 1. The van der Waals surface area contributed by atoms with E-state index in [4.69, 9.17) is 11.6 Å². The number of halogens is 5. The lowest BCUT2D eigenvalue weighted by Gasteiger charge is -2.11. The van der Waals surface area contributed by atoms with Gasteiger partial charge in [-0.1, -0.05) is 11.6 Å². The molecular weight excluding hydrogens is 620 g/mol. The van der Waals surface area contributed by atoms with Crippen LogP contribution in [0.1, 0.15) is 33.6 Å². The average Bonchev–Trinajstić information content (AvgIpc) is 3.39. The van der Waals surface area contributed by atoms with Crippen LogP contribution in [0, 0.1) is 15.9 Å². The Morgan fingerprint density at radius 2 is 1.88 bits per heavy atom. The maximum Gasteiger partial charge on any atom is 0.417 e. The molecule has 3 aromatic rings. The Labute approximate surface area is 238 Å². The molecule has 0 fully saturated rings. The molecule has 0 radical (unpaired) electrons. The summed E-state index contributed by atoms with van der Waals surface area (Å²) in [5.74, 6) is -2.55. The Balaban J connectivity index is 1.44. The second-order valence-corrected chi connectivity index (χ2v) is 11.5. The fraction of sp³-hybridized carbons (Fsp3) is 0.227.